The molecule has 0 radical (unpaired) electrons. The van der Waals surface area contributed by atoms with Gasteiger partial charge in [0, 0.05) is 16.7 Å². The number of fused-ring (bicyclic) bond motifs is 1. The third-order valence-corrected chi connectivity index (χ3v) is 7.25. The van der Waals surface area contributed by atoms with Crippen LogP contribution in [0.15, 0.2) is 53.0 Å². The Hall–Kier alpha value is -1.13. The monoisotopic (exact) mass is 423 g/mol. The summed E-state index contributed by atoms with van der Waals surface area (Å²) in [5, 5.41) is 0. The molecule has 134 valence electrons. The summed E-state index contributed by atoms with van der Waals surface area (Å²) in [4.78, 5) is 2.15. The van der Waals surface area contributed by atoms with Gasteiger partial charge in [0.25, 0.3) is 0 Å². The van der Waals surface area contributed by atoms with Gasteiger partial charge in [-0.2, -0.15) is 0 Å². The SMILES string of the molecule is CCOP(=O)(OCC)C1c2ccccc2CCN1c1ccc(Br)cc1. The molecule has 6 heteroatoms. The Kier molecular flexibility index (Phi) is 6.00. The number of hydrogen-bond donors (Lipinski definition) is 0. The van der Waals surface area contributed by atoms with Crippen LogP contribution in [0.3, 0.4) is 0 Å². The molecule has 1 aliphatic rings. The minimum Gasteiger partial charge on any atom is -0.353 e. The van der Waals surface area contributed by atoms with Gasteiger partial charge in [-0.1, -0.05) is 40.2 Å². The molecule has 0 aliphatic carbocycles. The van der Waals surface area contributed by atoms with Crippen LogP contribution in [0.4, 0.5) is 5.69 Å². The standard InChI is InChI=1S/C19H23BrNO3P/c1-3-23-25(22,24-4-2)19-18-8-6-5-7-15(18)13-14-21(19)17-11-9-16(20)10-12-17/h5-12,19H,3-4,13-14H2,1-2H3. The molecule has 0 N–H and O–H groups in total. The number of anilines is 1. The lowest BCUT2D eigenvalue weighted by Crippen LogP contribution is -2.36. The Morgan fingerprint density at radius 1 is 1.08 bits per heavy atom. The van der Waals surface area contributed by atoms with Gasteiger partial charge in [0.2, 0.25) is 0 Å². The van der Waals surface area contributed by atoms with Crippen LogP contribution < -0.4 is 4.90 Å². The van der Waals surface area contributed by atoms with Crippen LogP contribution in [0, 0.1) is 0 Å². The lowest BCUT2D eigenvalue weighted by molar-refractivity contribution is 0.210. The first-order chi connectivity index (χ1) is 12.1. The molecular formula is C19H23BrNO3P. The first kappa shape index (κ1) is 18.7. The van der Waals surface area contributed by atoms with Crippen LogP contribution in [0.1, 0.15) is 30.8 Å². The van der Waals surface area contributed by atoms with Gasteiger partial charge in [0.05, 0.1) is 13.2 Å². The Balaban J connectivity index is 2.11. The third kappa shape index (κ3) is 3.85. The molecule has 3 rings (SSSR count). The zero-order valence-corrected chi connectivity index (χ0v) is 17.0. The summed E-state index contributed by atoms with van der Waals surface area (Å²) in [6.07, 6.45) is 0.904. The normalized spacial score (nSPS) is 17.4. The molecule has 4 nitrogen and oxygen atoms in total. The van der Waals surface area contributed by atoms with Crippen LogP contribution in [0.5, 0.6) is 0 Å². The van der Waals surface area contributed by atoms with E-state index in [1.165, 1.54) is 5.56 Å². The fraction of sp³-hybridized carbons (Fsp3) is 0.368. The Morgan fingerprint density at radius 2 is 1.72 bits per heavy atom. The van der Waals surface area contributed by atoms with E-state index in [2.05, 4.69) is 26.9 Å². The lowest BCUT2D eigenvalue weighted by Gasteiger charge is -2.41. The number of rotatable bonds is 6. The van der Waals surface area contributed by atoms with Crippen molar-refractivity contribution in [3.63, 3.8) is 0 Å². The first-order valence-corrected chi connectivity index (χ1v) is 11.0. The second kappa shape index (κ2) is 8.05. The molecule has 0 bridgehead atoms. The van der Waals surface area contributed by atoms with Gasteiger partial charge in [-0.15, -0.1) is 0 Å². The Morgan fingerprint density at radius 3 is 2.36 bits per heavy atom. The summed E-state index contributed by atoms with van der Waals surface area (Å²) in [6, 6.07) is 16.2. The number of nitrogens with zero attached hydrogens (tertiary/aromatic N) is 1. The maximum absolute atomic E-state index is 13.7. The van der Waals surface area contributed by atoms with E-state index >= 15 is 0 Å². The molecule has 1 aliphatic heterocycles. The molecule has 2 aromatic carbocycles. The molecular weight excluding hydrogens is 401 g/mol. The van der Waals surface area contributed by atoms with E-state index in [9.17, 15) is 4.57 Å². The van der Waals surface area contributed by atoms with E-state index in [1.54, 1.807) is 0 Å². The van der Waals surface area contributed by atoms with Crippen LogP contribution in [0.2, 0.25) is 0 Å². The van der Waals surface area contributed by atoms with E-state index in [0.717, 1.165) is 28.7 Å². The van der Waals surface area contributed by atoms with E-state index in [1.807, 2.05) is 56.3 Å². The maximum atomic E-state index is 13.7. The topological polar surface area (TPSA) is 38.8 Å². The largest absolute Gasteiger partial charge is 0.357 e. The van der Waals surface area contributed by atoms with E-state index < -0.39 is 13.4 Å². The van der Waals surface area contributed by atoms with Crippen molar-refractivity contribution in [2.24, 2.45) is 0 Å². The molecule has 0 saturated heterocycles. The fourth-order valence-electron chi connectivity index (χ4n) is 3.33. The van der Waals surface area contributed by atoms with Crippen molar-refractivity contribution in [3.8, 4) is 0 Å². The van der Waals surface area contributed by atoms with Gasteiger partial charge in [0.1, 0.15) is 0 Å². The van der Waals surface area contributed by atoms with Crippen molar-refractivity contribution in [1.29, 1.82) is 0 Å². The van der Waals surface area contributed by atoms with Gasteiger partial charge in [-0.3, -0.25) is 4.57 Å². The number of halogens is 1. The van der Waals surface area contributed by atoms with Gasteiger partial charge >= 0.3 is 7.60 Å². The fourth-order valence-corrected chi connectivity index (χ4v) is 5.85. The highest BCUT2D eigenvalue weighted by atomic mass is 79.9. The predicted molar refractivity (Wildman–Crippen MR) is 105 cm³/mol. The van der Waals surface area contributed by atoms with E-state index in [0.29, 0.717) is 13.2 Å². The van der Waals surface area contributed by atoms with E-state index in [4.69, 9.17) is 9.05 Å². The molecule has 1 unspecified atom stereocenters. The zero-order valence-electron chi connectivity index (χ0n) is 14.5. The molecule has 0 spiro atoms. The summed E-state index contributed by atoms with van der Waals surface area (Å²) >= 11 is 3.48. The van der Waals surface area contributed by atoms with Gasteiger partial charge in [0.15, 0.2) is 5.78 Å². The third-order valence-electron chi connectivity index (χ3n) is 4.33. The zero-order chi connectivity index (χ0) is 17.9. The van der Waals surface area contributed by atoms with Gasteiger partial charge in [-0.05, 0) is 55.7 Å². The average molecular weight is 424 g/mol. The highest BCUT2D eigenvalue weighted by Gasteiger charge is 2.44. The van der Waals surface area contributed by atoms with Crippen molar-refractivity contribution in [2.45, 2.75) is 26.1 Å². The summed E-state index contributed by atoms with van der Waals surface area (Å²) in [6.45, 7) is 5.18. The lowest BCUT2D eigenvalue weighted by atomic mass is 9.99. The van der Waals surface area contributed by atoms with Crippen LogP contribution in [-0.2, 0) is 20.0 Å². The maximum Gasteiger partial charge on any atom is 0.357 e. The molecule has 0 amide bonds. The van der Waals surface area contributed by atoms with Crippen molar-refractivity contribution < 1.29 is 13.6 Å². The molecule has 1 atom stereocenters. The highest BCUT2D eigenvalue weighted by Crippen LogP contribution is 2.64. The summed E-state index contributed by atoms with van der Waals surface area (Å²) in [5.74, 6) is -0.432. The smallest absolute Gasteiger partial charge is 0.353 e. The summed E-state index contributed by atoms with van der Waals surface area (Å²) in [5.41, 5.74) is 3.25. The second-order valence-corrected chi connectivity index (χ2v) is 8.87. The van der Waals surface area contributed by atoms with Gasteiger partial charge < -0.3 is 13.9 Å². The van der Waals surface area contributed by atoms with Crippen molar-refractivity contribution in [3.05, 3.63) is 64.1 Å². The number of hydrogen-bond acceptors (Lipinski definition) is 4. The summed E-state index contributed by atoms with van der Waals surface area (Å²) < 4.78 is 26.2. The van der Waals surface area contributed by atoms with Crippen LogP contribution in [0.25, 0.3) is 0 Å². The Labute approximate surface area is 157 Å². The first-order valence-electron chi connectivity index (χ1n) is 8.58. The molecule has 1 heterocycles. The van der Waals surface area contributed by atoms with Crippen molar-refractivity contribution in [1.82, 2.24) is 0 Å². The minimum absolute atomic E-state index is 0.351. The van der Waals surface area contributed by atoms with Crippen LogP contribution >= 0.6 is 23.5 Å². The number of benzene rings is 2. The minimum atomic E-state index is -3.35. The predicted octanol–water partition coefficient (Wildman–Crippen LogP) is 5.78. The molecule has 0 saturated carbocycles. The molecule has 2 aromatic rings. The molecule has 25 heavy (non-hydrogen) atoms. The summed E-state index contributed by atoms with van der Waals surface area (Å²) in [7, 11) is -3.35. The molecule has 0 aromatic heterocycles. The van der Waals surface area contributed by atoms with Crippen molar-refractivity contribution in [2.75, 3.05) is 24.7 Å². The highest BCUT2D eigenvalue weighted by molar-refractivity contribution is 9.10. The van der Waals surface area contributed by atoms with Crippen LogP contribution in [-0.4, -0.2) is 19.8 Å². The Bertz CT molecular complexity index is 756. The quantitative estimate of drug-likeness (QED) is 0.552. The van der Waals surface area contributed by atoms with Crippen molar-refractivity contribution >= 4 is 29.2 Å². The van der Waals surface area contributed by atoms with E-state index in [-0.39, 0.29) is 0 Å². The molecule has 0 fully saturated rings. The van der Waals surface area contributed by atoms with Gasteiger partial charge in [-0.25, -0.2) is 0 Å². The average Bonchev–Trinajstić information content (AvgIpc) is 2.62. The second-order valence-electron chi connectivity index (χ2n) is 5.87.